The summed E-state index contributed by atoms with van der Waals surface area (Å²) in [7, 11) is 3.25. The summed E-state index contributed by atoms with van der Waals surface area (Å²) in [6.45, 7) is 12.2. The van der Waals surface area contributed by atoms with Crippen molar-refractivity contribution < 1.29 is 4.74 Å². The van der Waals surface area contributed by atoms with Gasteiger partial charge in [0.15, 0.2) is 0 Å². The van der Waals surface area contributed by atoms with Crippen LogP contribution in [0.4, 0.5) is 0 Å². The zero-order valence-electron chi connectivity index (χ0n) is 15.3. The smallest absolute Gasteiger partial charge is 0.0437 e. The zero-order chi connectivity index (χ0) is 17.5. The molecule has 0 saturated carbocycles. The molecular formula is C20H31ClO. The van der Waals surface area contributed by atoms with Crippen LogP contribution >= 0.6 is 11.6 Å². The average Bonchev–Trinajstić information content (AvgIpc) is 2.50. The van der Waals surface area contributed by atoms with Crippen LogP contribution in [-0.4, -0.2) is 14.2 Å². The second-order valence-corrected chi connectivity index (χ2v) is 5.22. The Labute approximate surface area is 142 Å². The van der Waals surface area contributed by atoms with Crippen LogP contribution in [0.3, 0.4) is 0 Å². The number of hydrogen-bond acceptors (Lipinski definition) is 1. The lowest BCUT2D eigenvalue weighted by Gasteiger charge is -1.96. The zero-order valence-corrected chi connectivity index (χ0v) is 16.1. The second-order valence-electron chi connectivity index (χ2n) is 4.82. The van der Waals surface area contributed by atoms with E-state index in [1.54, 1.807) is 14.2 Å². The lowest BCUT2D eigenvalue weighted by Crippen LogP contribution is -1.75. The maximum absolute atomic E-state index is 5.81. The highest BCUT2D eigenvalue weighted by atomic mass is 35.5. The lowest BCUT2D eigenvalue weighted by molar-refractivity contribution is 0.277. The van der Waals surface area contributed by atoms with E-state index in [2.05, 4.69) is 48.9 Å². The van der Waals surface area contributed by atoms with E-state index in [0.29, 0.717) is 0 Å². The third-order valence-electron chi connectivity index (χ3n) is 2.55. The van der Waals surface area contributed by atoms with Gasteiger partial charge in [-0.1, -0.05) is 73.0 Å². The summed E-state index contributed by atoms with van der Waals surface area (Å²) in [6, 6.07) is 14.5. The van der Waals surface area contributed by atoms with Crippen LogP contribution in [0.2, 0.25) is 5.02 Å². The molecule has 0 fully saturated rings. The Bertz CT molecular complexity index is 469. The van der Waals surface area contributed by atoms with Crippen molar-refractivity contribution in [2.24, 2.45) is 0 Å². The monoisotopic (exact) mass is 322 g/mol. The first-order valence-corrected chi connectivity index (χ1v) is 7.94. The van der Waals surface area contributed by atoms with Crippen LogP contribution in [0.25, 0.3) is 0 Å². The molecule has 0 aromatic heterocycles. The second kappa shape index (κ2) is 14.6. The highest BCUT2D eigenvalue weighted by Crippen LogP contribution is 2.15. The minimum Gasteiger partial charge on any atom is -0.388 e. The van der Waals surface area contributed by atoms with Crippen molar-refractivity contribution in [3.63, 3.8) is 0 Å². The topological polar surface area (TPSA) is 9.23 Å². The minimum absolute atomic E-state index is 0.856. The number of halogens is 1. The van der Waals surface area contributed by atoms with E-state index in [9.17, 15) is 0 Å². The molecule has 0 N–H and O–H groups in total. The van der Waals surface area contributed by atoms with Crippen molar-refractivity contribution >= 4 is 11.6 Å². The van der Waals surface area contributed by atoms with Gasteiger partial charge in [-0.25, -0.2) is 0 Å². The normalized spacial score (nSPS) is 8.41. The largest absolute Gasteiger partial charge is 0.388 e. The molecule has 0 unspecified atom stereocenters. The van der Waals surface area contributed by atoms with Crippen LogP contribution in [0.15, 0.2) is 42.5 Å². The van der Waals surface area contributed by atoms with Gasteiger partial charge in [0.1, 0.15) is 0 Å². The lowest BCUT2D eigenvalue weighted by atomic mass is 10.2. The van der Waals surface area contributed by atoms with Crippen LogP contribution in [0.5, 0.6) is 0 Å². The third kappa shape index (κ3) is 12.4. The average molecular weight is 323 g/mol. The Balaban J connectivity index is 0. The standard InChI is InChI=1S/C8H9Cl.C8H10.C2H6O.C2H6/c1-6-3-4-7(2)8(9)5-6;1-7-3-5-8(2)6-4-7;1-3-2;1-2/h3-5H,1-2H3;3-6H,1-2H3;1-2H3;1-2H3. The highest BCUT2D eigenvalue weighted by molar-refractivity contribution is 6.31. The Morgan fingerprint density at radius 3 is 1.27 bits per heavy atom. The predicted molar refractivity (Wildman–Crippen MR) is 101 cm³/mol. The van der Waals surface area contributed by atoms with Gasteiger partial charge < -0.3 is 4.74 Å². The summed E-state index contributed by atoms with van der Waals surface area (Å²) >= 11 is 5.81. The molecule has 0 amide bonds. The van der Waals surface area contributed by atoms with Crippen molar-refractivity contribution in [3.05, 3.63) is 69.7 Å². The Kier molecular flexibility index (Phi) is 15.3. The van der Waals surface area contributed by atoms with Crippen LogP contribution in [-0.2, 0) is 4.74 Å². The number of hydrogen-bond donors (Lipinski definition) is 0. The number of aryl methyl sites for hydroxylation is 4. The molecular weight excluding hydrogens is 292 g/mol. The van der Waals surface area contributed by atoms with Crippen molar-refractivity contribution in [3.8, 4) is 0 Å². The molecule has 0 bridgehead atoms. The van der Waals surface area contributed by atoms with E-state index in [1.165, 1.54) is 16.7 Å². The van der Waals surface area contributed by atoms with E-state index < -0.39 is 0 Å². The van der Waals surface area contributed by atoms with Gasteiger partial charge in [0.25, 0.3) is 0 Å². The summed E-state index contributed by atoms with van der Waals surface area (Å²) < 4.78 is 4.25. The van der Waals surface area contributed by atoms with Crippen molar-refractivity contribution in [2.45, 2.75) is 41.5 Å². The fraction of sp³-hybridized carbons (Fsp3) is 0.400. The van der Waals surface area contributed by atoms with Gasteiger partial charge in [0.2, 0.25) is 0 Å². The number of rotatable bonds is 0. The number of ether oxygens (including phenoxy) is 1. The van der Waals surface area contributed by atoms with Crippen molar-refractivity contribution in [1.29, 1.82) is 0 Å². The predicted octanol–water partition coefficient (Wildman–Crippen LogP) is 6.55. The van der Waals surface area contributed by atoms with E-state index in [1.807, 2.05) is 39.8 Å². The molecule has 2 aromatic rings. The maximum atomic E-state index is 5.81. The molecule has 2 rings (SSSR count). The van der Waals surface area contributed by atoms with Gasteiger partial charge in [-0.05, 0) is 44.9 Å². The van der Waals surface area contributed by atoms with Crippen LogP contribution < -0.4 is 0 Å². The quantitative estimate of drug-likeness (QED) is 0.534. The molecule has 0 heterocycles. The summed E-state index contributed by atoms with van der Waals surface area (Å²) in [6.07, 6.45) is 0. The summed E-state index contributed by atoms with van der Waals surface area (Å²) in [5.74, 6) is 0. The van der Waals surface area contributed by atoms with Gasteiger partial charge in [-0.2, -0.15) is 0 Å². The van der Waals surface area contributed by atoms with Gasteiger partial charge in [0, 0.05) is 19.2 Å². The highest BCUT2D eigenvalue weighted by Gasteiger charge is 1.91. The van der Waals surface area contributed by atoms with Gasteiger partial charge in [0.05, 0.1) is 0 Å². The maximum Gasteiger partial charge on any atom is 0.0437 e. The first-order chi connectivity index (χ1) is 10.4. The first-order valence-electron chi connectivity index (χ1n) is 7.56. The van der Waals surface area contributed by atoms with E-state index in [4.69, 9.17) is 11.6 Å². The summed E-state index contributed by atoms with van der Waals surface area (Å²) in [5, 5.41) is 0.856. The van der Waals surface area contributed by atoms with Crippen molar-refractivity contribution in [1.82, 2.24) is 0 Å². The van der Waals surface area contributed by atoms with E-state index >= 15 is 0 Å². The molecule has 22 heavy (non-hydrogen) atoms. The molecule has 0 saturated heterocycles. The van der Waals surface area contributed by atoms with Crippen molar-refractivity contribution in [2.75, 3.05) is 14.2 Å². The first kappa shape index (κ1) is 23.0. The third-order valence-corrected chi connectivity index (χ3v) is 2.95. The summed E-state index contributed by atoms with van der Waals surface area (Å²) in [4.78, 5) is 0. The number of methoxy groups -OCH3 is 1. The Morgan fingerprint density at radius 2 is 1.00 bits per heavy atom. The molecule has 2 aromatic carbocycles. The SMILES string of the molecule is CC.COC.Cc1ccc(C)c(Cl)c1.Cc1ccc(C)cc1. The molecule has 0 spiro atoms. The van der Waals surface area contributed by atoms with Crippen LogP contribution in [0, 0.1) is 27.7 Å². The van der Waals surface area contributed by atoms with Gasteiger partial charge >= 0.3 is 0 Å². The minimum atomic E-state index is 0.856. The molecule has 0 aliphatic rings. The fourth-order valence-electron chi connectivity index (χ4n) is 1.33. The van der Waals surface area contributed by atoms with E-state index in [-0.39, 0.29) is 0 Å². The molecule has 124 valence electrons. The molecule has 0 aliphatic carbocycles. The van der Waals surface area contributed by atoms with Gasteiger partial charge in [-0.15, -0.1) is 0 Å². The van der Waals surface area contributed by atoms with E-state index in [0.717, 1.165) is 10.6 Å². The Morgan fingerprint density at radius 1 is 0.682 bits per heavy atom. The van der Waals surface area contributed by atoms with Gasteiger partial charge in [-0.3, -0.25) is 0 Å². The molecule has 1 nitrogen and oxygen atoms in total. The summed E-state index contributed by atoms with van der Waals surface area (Å²) in [5.41, 5.74) is 5.01. The van der Waals surface area contributed by atoms with Crippen LogP contribution in [0.1, 0.15) is 36.1 Å². The number of benzene rings is 2. The molecule has 0 aliphatic heterocycles. The molecule has 0 radical (unpaired) electrons. The fourth-order valence-corrected chi connectivity index (χ4v) is 1.57. The molecule has 0 atom stereocenters. The Hall–Kier alpha value is -1.31. The molecule has 2 heteroatoms.